The summed E-state index contributed by atoms with van der Waals surface area (Å²) < 4.78 is 0. The molecule has 0 radical (unpaired) electrons. The van der Waals surface area contributed by atoms with Gasteiger partial charge in [0.25, 0.3) is 0 Å². The maximum absolute atomic E-state index is 12.3. The highest BCUT2D eigenvalue weighted by Crippen LogP contribution is 2.22. The summed E-state index contributed by atoms with van der Waals surface area (Å²) in [5, 5.41) is 3.05. The van der Waals surface area contributed by atoms with Crippen LogP contribution in [0.15, 0.2) is 36.4 Å². The third kappa shape index (κ3) is 6.01. The monoisotopic (exact) mass is 398 g/mol. The van der Waals surface area contributed by atoms with E-state index in [2.05, 4.69) is 34.5 Å². The first-order chi connectivity index (χ1) is 13.5. The molecule has 1 saturated heterocycles. The molecule has 0 bridgehead atoms. The number of thiophene rings is 1. The average Bonchev–Trinajstić information content (AvgIpc) is 3.04. The standard InChI is InChI=1S/C23H30N2O2S/c1-17-13-21(18(2)28-17)22(26)10-11-23(27)24-14-20-9-6-12-25(16-20)15-19-7-4-3-5-8-19/h3-5,7-8,13,20H,6,9-12,14-16H2,1-2H3,(H,24,27). The molecule has 0 aliphatic carbocycles. The van der Waals surface area contributed by atoms with Gasteiger partial charge in [-0.25, -0.2) is 0 Å². The Morgan fingerprint density at radius 1 is 1.18 bits per heavy atom. The van der Waals surface area contributed by atoms with Crippen LogP contribution in [0.1, 0.15) is 51.4 Å². The molecule has 2 aromatic rings. The second kappa shape index (κ2) is 9.99. The van der Waals surface area contributed by atoms with Crippen molar-refractivity contribution in [3.05, 3.63) is 57.3 Å². The lowest BCUT2D eigenvalue weighted by atomic mass is 9.97. The zero-order valence-corrected chi connectivity index (χ0v) is 17.7. The molecule has 2 heterocycles. The van der Waals surface area contributed by atoms with Gasteiger partial charge < -0.3 is 5.32 Å². The summed E-state index contributed by atoms with van der Waals surface area (Å²) >= 11 is 1.64. The molecule has 0 saturated carbocycles. The van der Waals surface area contributed by atoms with Gasteiger partial charge in [0.05, 0.1) is 0 Å². The van der Waals surface area contributed by atoms with E-state index < -0.39 is 0 Å². The van der Waals surface area contributed by atoms with Crippen molar-refractivity contribution in [2.75, 3.05) is 19.6 Å². The van der Waals surface area contributed by atoms with E-state index in [1.165, 1.54) is 12.0 Å². The minimum absolute atomic E-state index is 0.0156. The molecule has 28 heavy (non-hydrogen) atoms. The predicted octanol–water partition coefficient (Wildman–Crippen LogP) is 4.36. The van der Waals surface area contributed by atoms with Crippen molar-refractivity contribution in [3.63, 3.8) is 0 Å². The van der Waals surface area contributed by atoms with Crippen LogP contribution in [0.3, 0.4) is 0 Å². The van der Waals surface area contributed by atoms with Crippen LogP contribution in [-0.2, 0) is 11.3 Å². The SMILES string of the molecule is Cc1cc(C(=O)CCC(=O)NCC2CCCN(Cc3ccccc3)C2)c(C)s1. The Hall–Kier alpha value is -1.98. The molecular formula is C23H30N2O2S. The number of hydrogen-bond acceptors (Lipinski definition) is 4. The van der Waals surface area contributed by atoms with Crippen LogP contribution >= 0.6 is 11.3 Å². The molecule has 1 aromatic heterocycles. The molecule has 1 amide bonds. The number of likely N-dealkylation sites (tertiary alicyclic amines) is 1. The first-order valence-electron chi connectivity index (χ1n) is 10.1. The van der Waals surface area contributed by atoms with E-state index in [4.69, 9.17) is 0 Å². The van der Waals surface area contributed by atoms with E-state index in [9.17, 15) is 9.59 Å². The molecule has 1 aliphatic heterocycles. The number of carbonyl (C=O) groups excluding carboxylic acids is 2. The third-order valence-corrected chi connectivity index (χ3v) is 6.33. The molecule has 150 valence electrons. The van der Waals surface area contributed by atoms with E-state index in [-0.39, 0.29) is 24.5 Å². The van der Waals surface area contributed by atoms with E-state index >= 15 is 0 Å². The van der Waals surface area contributed by atoms with Gasteiger partial charge in [-0.15, -0.1) is 11.3 Å². The van der Waals surface area contributed by atoms with Gasteiger partial charge in [0.2, 0.25) is 5.91 Å². The van der Waals surface area contributed by atoms with Crippen LogP contribution in [0, 0.1) is 19.8 Å². The van der Waals surface area contributed by atoms with Gasteiger partial charge in [-0.3, -0.25) is 14.5 Å². The number of piperidine rings is 1. The lowest BCUT2D eigenvalue weighted by Crippen LogP contribution is -2.40. The van der Waals surface area contributed by atoms with Gasteiger partial charge in [0.1, 0.15) is 0 Å². The Bertz CT molecular complexity index is 800. The Balaban J connectivity index is 1.39. The number of ketones is 1. The van der Waals surface area contributed by atoms with Gasteiger partial charge >= 0.3 is 0 Å². The van der Waals surface area contributed by atoms with Crippen molar-refractivity contribution in [3.8, 4) is 0 Å². The van der Waals surface area contributed by atoms with E-state index in [0.717, 1.165) is 41.4 Å². The highest BCUT2D eigenvalue weighted by atomic mass is 32.1. The lowest BCUT2D eigenvalue weighted by molar-refractivity contribution is -0.121. The minimum atomic E-state index is -0.0156. The summed E-state index contributed by atoms with van der Waals surface area (Å²) in [7, 11) is 0. The molecule has 1 aromatic carbocycles. The van der Waals surface area contributed by atoms with Crippen LogP contribution < -0.4 is 5.32 Å². The molecule has 1 N–H and O–H groups in total. The number of aryl methyl sites for hydroxylation is 2. The minimum Gasteiger partial charge on any atom is -0.356 e. The number of rotatable bonds is 8. The predicted molar refractivity (Wildman–Crippen MR) is 115 cm³/mol. The van der Waals surface area contributed by atoms with Gasteiger partial charge in [-0.1, -0.05) is 30.3 Å². The third-order valence-electron chi connectivity index (χ3n) is 5.36. The van der Waals surface area contributed by atoms with Gasteiger partial charge in [0.15, 0.2) is 5.78 Å². The molecule has 1 aliphatic rings. The number of amides is 1. The average molecular weight is 399 g/mol. The quantitative estimate of drug-likeness (QED) is 0.672. The maximum Gasteiger partial charge on any atom is 0.220 e. The summed E-state index contributed by atoms with van der Waals surface area (Å²) in [4.78, 5) is 29.2. The first-order valence-corrected chi connectivity index (χ1v) is 11.0. The fraction of sp³-hybridized carbons (Fsp3) is 0.478. The smallest absolute Gasteiger partial charge is 0.220 e. The topological polar surface area (TPSA) is 49.4 Å². The molecule has 1 atom stereocenters. The second-order valence-electron chi connectivity index (χ2n) is 7.78. The first kappa shape index (κ1) is 20.7. The van der Waals surface area contributed by atoms with Crippen molar-refractivity contribution in [2.24, 2.45) is 5.92 Å². The summed E-state index contributed by atoms with van der Waals surface area (Å²) in [6.45, 7) is 7.78. The number of nitrogens with zero attached hydrogens (tertiary/aromatic N) is 1. The zero-order valence-electron chi connectivity index (χ0n) is 16.9. The number of benzene rings is 1. The Morgan fingerprint density at radius 3 is 2.68 bits per heavy atom. The van der Waals surface area contributed by atoms with E-state index in [1.807, 2.05) is 26.0 Å². The van der Waals surface area contributed by atoms with Crippen molar-refractivity contribution in [2.45, 2.75) is 46.1 Å². The largest absolute Gasteiger partial charge is 0.356 e. The van der Waals surface area contributed by atoms with Crippen LogP contribution in [0.25, 0.3) is 0 Å². The van der Waals surface area contributed by atoms with Crippen molar-refractivity contribution in [1.82, 2.24) is 10.2 Å². The summed E-state index contributed by atoms with van der Waals surface area (Å²) in [6, 6.07) is 12.5. The Kier molecular flexibility index (Phi) is 7.40. The van der Waals surface area contributed by atoms with Gasteiger partial charge in [0, 0.05) is 47.8 Å². The molecule has 4 nitrogen and oxygen atoms in total. The summed E-state index contributed by atoms with van der Waals surface area (Å²) in [6.07, 6.45) is 2.88. The normalized spacial score (nSPS) is 17.4. The molecule has 1 unspecified atom stereocenters. The van der Waals surface area contributed by atoms with Crippen molar-refractivity contribution < 1.29 is 9.59 Å². The van der Waals surface area contributed by atoms with Gasteiger partial charge in [-0.05, 0) is 50.8 Å². The van der Waals surface area contributed by atoms with Crippen LogP contribution in [-0.4, -0.2) is 36.2 Å². The number of carbonyl (C=O) groups is 2. The van der Waals surface area contributed by atoms with E-state index in [0.29, 0.717) is 12.5 Å². The van der Waals surface area contributed by atoms with Gasteiger partial charge in [-0.2, -0.15) is 0 Å². The highest BCUT2D eigenvalue weighted by molar-refractivity contribution is 7.12. The number of hydrogen-bond donors (Lipinski definition) is 1. The molecule has 0 spiro atoms. The van der Waals surface area contributed by atoms with E-state index in [1.54, 1.807) is 11.3 Å². The molecular weight excluding hydrogens is 368 g/mol. The van der Waals surface area contributed by atoms with Crippen molar-refractivity contribution >= 4 is 23.0 Å². The van der Waals surface area contributed by atoms with Crippen LogP contribution in [0.4, 0.5) is 0 Å². The van der Waals surface area contributed by atoms with Crippen LogP contribution in [0.2, 0.25) is 0 Å². The second-order valence-corrected chi connectivity index (χ2v) is 9.24. The lowest BCUT2D eigenvalue weighted by Gasteiger charge is -2.32. The molecule has 5 heteroatoms. The number of Topliss-reactive ketones (excluding diaryl/α,β-unsaturated/α-hetero) is 1. The Labute approximate surface area is 172 Å². The maximum atomic E-state index is 12.3. The fourth-order valence-corrected chi connectivity index (χ4v) is 4.86. The number of nitrogens with one attached hydrogen (secondary N) is 1. The molecule has 1 fully saturated rings. The molecule has 3 rings (SSSR count). The zero-order chi connectivity index (χ0) is 19.9. The summed E-state index contributed by atoms with van der Waals surface area (Å²) in [5.74, 6) is 0.542. The summed E-state index contributed by atoms with van der Waals surface area (Å²) in [5.41, 5.74) is 2.11. The van der Waals surface area contributed by atoms with Crippen LogP contribution in [0.5, 0.6) is 0 Å². The Morgan fingerprint density at radius 2 is 1.96 bits per heavy atom. The van der Waals surface area contributed by atoms with Crippen molar-refractivity contribution in [1.29, 1.82) is 0 Å². The highest BCUT2D eigenvalue weighted by Gasteiger charge is 2.21. The fourth-order valence-electron chi connectivity index (χ4n) is 3.92.